The van der Waals surface area contributed by atoms with Gasteiger partial charge in [-0.1, -0.05) is 12.8 Å². The Bertz CT molecular complexity index is 732. The van der Waals surface area contributed by atoms with E-state index in [1.54, 1.807) is 11.4 Å². The number of carboxylic acid groups (broad SMARTS) is 1. The third-order valence-electron chi connectivity index (χ3n) is 6.64. The quantitative estimate of drug-likeness (QED) is 0.717. The molecule has 2 atom stereocenters. The smallest absolute Gasteiger partial charge is 0.307 e. The molecule has 0 unspecified atom stereocenters. The molecule has 3 N–H and O–H groups in total. The standard InChI is InChI=1S/C20H26N2O4S/c23-17(21-13-3-1-2-4-13)14-9-10-27-19(14)22-18(24)15-11-5-7-12(8-6-11)16(15)20(25)26/h9-13,15-16H,1-8H2,(H,21,23)(H,22,24)(H,25,26)/t11?,12?,15-,16+/m1/s1. The number of carbonyl (C=O) groups excluding carboxylic acids is 2. The molecule has 0 radical (unpaired) electrons. The first-order valence-corrected chi connectivity index (χ1v) is 10.8. The average Bonchev–Trinajstić information content (AvgIpc) is 3.33. The summed E-state index contributed by atoms with van der Waals surface area (Å²) in [4.78, 5) is 37.4. The number of thiophene rings is 1. The minimum Gasteiger partial charge on any atom is -0.481 e. The number of aliphatic carboxylic acids is 1. The van der Waals surface area contributed by atoms with Crippen LogP contribution in [0.1, 0.15) is 61.7 Å². The van der Waals surface area contributed by atoms with E-state index in [2.05, 4.69) is 10.6 Å². The van der Waals surface area contributed by atoms with Crippen LogP contribution in [0.5, 0.6) is 0 Å². The third-order valence-corrected chi connectivity index (χ3v) is 7.47. The van der Waals surface area contributed by atoms with Gasteiger partial charge in [-0.2, -0.15) is 0 Å². The van der Waals surface area contributed by atoms with Gasteiger partial charge in [0.2, 0.25) is 5.91 Å². The van der Waals surface area contributed by atoms with Gasteiger partial charge in [0.25, 0.3) is 5.91 Å². The molecule has 4 aliphatic rings. The molecular formula is C20H26N2O4S. The predicted molar refractivity (Wildman–Crippen MR) is 103 cm³/mol. The Labute approximate surface area is 162 Å². The van der Waals surface area contributed by atoms with Crippen LogP contribution in [0.15, 0.2) is 11.4 Å². The summed E-state index contributed by atoms with van der Waals surface area (Å²) in [5.74, 6) is -2.14. The van der Waals surface area contributed by atoms with Crippen LogP contribution in [0.25, 0.3) is 0 Å². The molecule has 4 aliphatic carbocycles. The van der Waals surface area contributed by atoms with E-state index in [-0.39, 0.29) is 29.7 Å². The molecule has 7 heteroatoms. The van der Waals surface area contributed by atoms with Gasteiger partial charge in [0.05, 0.1) is 17.4 Å². The Morgan fingerprint density at radius 3 is 2.22 bits per heavy atom. The second kappa shape index (κ2) is 7.62. The van der Waals surface area contributed by atoms with Gasteiger partial charge in [-0.25, -0.2) is 0 Å². The fourth-order valence-corrected chi connectivity index (χ4v) is 6.08. The van der Waals surface area contributed by atoms with Gasteiger partial charge >= 0.3 is 5.97 Å². The molecule has 4 saturated carbocycles. The van der Waals surface area contributed by atoms with E-state index in [9.17, 15) is 19.5 Å². The SMILES string of the molecule is O=C(NC1CCCC1)c1ccsc1NC(=O)[C@@H]1C2CCC(CC2)[C@@H]1C(=O)O. The van der Waals surface area contributed by atoms with Crippen molar-refractivity contribution < 1.29 is 19.5 Å². The van der Waals surface area contributed by atoms with E-state index in [0.29, 0.717) is 10.6 Å². The summed E-state index contributed by atoms with van der Waals surface area (Å²) in [5, 5.41) is 17.9. The first-order valence-electron chi connectivity index (χ1n) is 9.96. The van der Waals surface area contributed by atoms with Crippen molar-refractivity contribution in [2.75, 3.05) is 5.32 Å². The average molecular weight is 391 g/mol. The van der Waals surface area contributed by atoms with Gasteiger partial charge in [0.15, 0.2) is 0 Å². The van der Waals surface area contributed by atoms with Crippen LogP contribution < -0.4 is 10.6 Å². The fourth-order valence-electron chi connectivity index (χ4n) is 5.30. The Morgan fingerprint density at radius 2 is 1.59 bits per heavy atom. The number of fused-ring (bicyclic) bond motifs is 3. The highest BCUT2D eigenvalue weighted by Gasteiger charge is 2.50. The number of amides is 2. The topological polar surface area (TPSA) is 95.5 Å². The zero-order valence-electron chi connectivity index (χ0n) is 15.3. The minimum absolute atomic E-state index is 0.0942. The Balaban J connectivity index is 1.47. The van der Waals surface area contributed by atoms with Crippen molar-refractivity contribution >= 4 is 34.1 Å². The lowest BCUT2D eigenvalue weighted by Gasteiger charge is -2.45. The molecule has 2 amide bonds. The van der Waals surface area contributed by atoms with Crippen molar-refractivity contribution in [2.24, 2.45) is 23.7 Å². The molecular weight excluding hydrogens is 364 g/mol. The molecule has 0 saturated heterocycles. The van der Waals surface area contributed by atoms with Gasteiger partial charge in [-0.05, 0) is 61.8 Å². The lowest BCUT2D eigenvalue weighted by molar-refractivity contribution is -0.156. The minimum atomic E-state index is -0.866. The maximum Gasteiger partial charge on any atom is 0.307 e. The monoisotopic (exact) mass is 390 g/mol. The number of rotatable bonds is 5. The molecule has 0 spiro atoms. The lowest BCUT2D eigenvalue weighted by Crippen LogP contribution is -2.49. The zero-order chi connectivity index (χ0) is 19.0. The molecule has 1 aromatic heterocycles. The summed E-state index contributed by atoms with van der Waals surface area (Å²) in [6, 6.07) is 1.94. The van der Waals surface area contributed by atoms with Gasteiger partial charge in [-0.3, -0.25) is 14.4 Å². The number of carboxylic acids is 1. The van der Waals surface area contributed by atoms with E-state index < -0.39 is 17.8 Å². The Hall–Kier alpha value is -1.89. The maximum absolute atomic E-state index is 13.0. The van der Waals surface area contributed by atoms with E-state index in [4.69, 9.17) is 0 Å². The second-order valence-electron chi connectivity index (χ2n) is 8.17. The highest BCUT2D eigenvalue weighted by atomic mass is 32.1. The summed E-state index contributed by atoms with van der Waals surface area (Å²) in [6.07, 6.45) is 7.93. The van der Waals surface area contributed by atoms with Crippen LogP contribution in [-0.4, -0.2) is 28.9 Å². The molecule has 4 fully saturated rings. The Morgan fingerprint density at radius 1 is 0.963 bits per heavy atom. The van der Waals surface area contributed by atoms with Gasteiger partial charge < -0.3 is 15.7 Å². The summed E-state index contributed by atoms with van der Waals surface area (Å²) < 4.78 is 0. The van der Waals surface area contributed by atoms with E-state index in [1.165, 1.54) is 11.3 Å². The maximum atomic E-state index is 13.0. The summed E-state index contributed by atoms with van der Waals surface area (Å²) in [5.41, 5.74) is 0.480. The van der Waals surface area contributed by atoms with Crippen molar-refractivity contribution in [3.8, 4) is 0 Å². The van der Waals surface area contributed by atoms with Crippen LogP contribution in [0.4, 0.5) is 5.00 Å². The zero-order valence-corrected chi connectivity index (χ0v) is 16.1. The van der Waals surface area contributed by atoms with Crippen molar-refractivity contribution in [3.63, 3.8) is 0 Å². The summed E-state index contributed by atoms with van der Waals surface area (Å²) >= 11 is 1.32. The first-order chi connectivity index (χ1) is 13.0. The van der Waals surface area contributed by atoms with Crippen molar-refractivity contribution in [2.45, 2.75) is 57.4 Å². The molecule has 27 heavy (non-hydrogen) atoms. The number of anilines is 1. The molecule has 1 heterocycles. The second-order valence-corrected chi connectivity index (χ2v) is 9.09. The van der Waals surface area contributed by atoms with Crippen LogP contribution >= 0.6 is 11.3 Å². The normalized spacial score (nSPS) is 30.2. The van der Waals surface area contributed by atoms with E-state index in [1.807, 2.05) is 0 Å². The van der Waals surface area contributed by atoms with Crippen molar-refractivity contribution in [1.29, 1.82) is 0 Å². The molecule has 0 aromatic carbocycles. The van der Waals surface area contributed by atoms with Crippen LogP contribution in [0.3, 0.4) is 0 Å². The number of hydrogen-bond donors (Lipinski definition) is 3. The van der Waals surface area contributed by atoms with Gasteiger partial charge in [0.1, 0.15) is 5.00 Å². The van der Waals surface area contributed by atoms with E-state index in [0.717, 1.165) is 51.4 Å². The molecule has 1 aromatic rings. The van der Waals surface area contributed by atoms with Crippen LogP contribution in [-0.2, 0) is 9.59 Å². The number of hydrogen-bond acceptors (Lipinski definition) is 4. The molecule has 2 bridgehead atoms. The lowest BCUT2D eigenvalue weighted by atomic mass is 9.58. The number of carbonyl (C=O) groups is 3. The highest BCUT2D eigenvalue weighted by Crippen LogP contribution is 2.49. The molecule has 5 rings (SSSR count). The van der Waals surface area contributed by atoms with Crippen molar-refractivity contribution in [1.82, 2.24) is 5.32 Å². The number of nitrogens with one attached hydrogen (secondary N) is 2. The molecule has 0 aliphatic heterocycles. The first kappa shape index (κ1) is 18.5. The van der Waals surface area contributed by atoms with E-state index >= 15 is 0 Å². The largest absolute Gasteiger partial charge is 0.481 e. The van der Waals surface area contributed by atoms with Crippen molar-refractivity contribution in [3.05, 3.63) is 17.0 Å². The summed E-state index contributed by atoms with van der Waals surface area (Å²) in [6.45, 7) is 0. The van der Waals surface area contributed by atoms with Gasteiger partial charge in [0, 0.05) is 6.04 Å². The Kier molecular flexibility index (Phi) is 5.21. The third kappa shape index (κ3) is 3.61. The predicted octanol–water partition coefficient (Wildman–Crippen LogP) is 3.50. The molecule has 146 valence electrons. The molecule has 6 nitrogen and oxygen atoms in total. The van der Waals surface area contributed by atoms with Gasteiger partial charge in [-0.15, -0.1) is 11.3 Å². The fraction of sp³-hybridized carbons (Fsp3) is 0.650. The van der Waals surface area contributed by atoms with Crippen LogP contribution in [0.2, 0.25) is 0 Å². The van der Waals surface area contributed by atoms with Crippen LogP contribution in [0, 0.1) is 23.7 Å². The summed E-state index contributed by atoms with van der Waals surface area (Å²) in [7, 11) is 0. The highest BCUT2D eigenvalue weighted by molar-refractivity contribution is 7.14.